The summed E-state index contributed by atoms with van der Waals surface area (Å²) in [6.45, 7) is 6.56. The van der Waals surface area contributed by atoms with E-state index < -0.39 is 5.97 Å². The van der Waals surface area contributed by atoms with Gasteiger partial charge in [-0.05, 0) is 32.9 Å². The molecule has 0 amide bonds. The van der Waals surface area contributed by atoms with E-state index in [0.29, 0.717) is 29.1 Å². The number of esters is 1. The summed E-state index contributed by atoms with van der Waals surface area (Å²) in [5, 5.41) is 0.995. The van der Waals surface area contributed by atoms with Crippen molar-refractivity contribution in [1.29, 1.82) is 0 Å². The maximum atomic E-state index is 12.9. The van der Waals surface area contributed by atoms with Crippen LogP contribution in [0.4, 0.5) is 0 Å². The highest BCUT2D eigenvalue weighted by Gasteiger charge is 2.27. The van der Waals surface area contributed by atoms with Gasteiger partial charge in [0.15, 0.2) is 0 Å². The molecule has 142 valence electrons. The first-order valence-electron chi connectivity index (χ1n) is 8.96. The van der Waals surface area contributed by atoms with Crippen molar-refractivity contribution in [3.63, 3.8) is 0 Å². The summed E-state index contributed by atoms with van der Waals surface area (Å²) >= 11 is 1.65. The van der Waals surface area contributed by atoms with E-state index in [1.54, 1.807) is 25.2 Å². The number of benzene rings is 1. The van der Waals surface area contributed by atoms with E-state index in [4.69, 9.17) is 4.74 Å². The highest BCUT2D eigenvalue weighted by molar-refractivity contribution is 7.18. The lowest BCUT2D eigenvalue weighted by Gasteiger charge is -2.12. The molecule has 1 aromatic carbocycles. The monoisotopic (exact) mass is 386 g/mol. The topological polar surface area (TPSA) is 76.5 Å². The van der Waals surface area contributed by atoms with Crippen molar-refractivity contribution in [3.05, 3.63) is 51.8 Å². The number of carbonyl (C=O) groups excluding carboxylic acids is 2. The van der Waals surface area contributed by atoms with Crippen molar-refractivity contribution < 1.29 is 19.2 Å². The Morgan fingerprint density at radius 3 is 2.59 bits per heavy atom. The number of nitrogens with zero attached hydrogens (tertiary/aromatic N) is 1. The summed E-state index contributed by atoms with van der Waals surface area (Å²) in [6, 6.07) is 8.01. The molecule has 0 aliphatic heterocycles. The molecule has 2 aromatic heterocycles. The van der Waals surface area contributed by atoms with Gasteiger partial charge in [0.1, 0.15) is 18.1 Å². The second kappa shape index (κ2) is 8.02. The van der Waals surface area contributed by atoms with E-state index in [2.05, 4.69) is 16.0 Å². The number of likely N-dealkylation sites (N-methyl/N-ethyl adjacent to an activating group) is 1. The van der Waals surface area contributed by atoms with Gasteiger partial charge in [0.05, 0.1) is 35.0 Å². The Balaban J connectivity index is 1.75. The first-order valence-corrected chi connectivity index (χ1v) is 9.77. The van der Waals surface area contributed by atoms with Gasteiger partial charge < -0.3 is 14.6 Å². The molecule has 0 fully saturated rings. The lowest BCUT2D eigenvalue weighted by atomic mass is 10.0. The van der Waals surface area contributed by atoms with E-state index in [-0.39, 0.29) is 18.9 Å². The van der Waals surface area contributed by atoms with Gasteiger partial charge in [-0.1, -0.05) is 12.1 Å². The minimum absolute atomic E-state index is 0.0708. The second-order valence-corrected chi connectivity index (χ2v) is 7.77. The molecule has 0 spiro atoms. The molecule has 27 heavy (non-hydrogen) atoms. The first-order chi connectivity index (χ1) is 12.9. The zero-order valence-corrected chi connectivity index (χ0v) is 16.8. The van der Waals surface area contributed by atoms with Crippen LogP contribution in [0.1, 0.15) is 44.0 Å². The van der Waals surface area contributed by atoms with Crippen molar-refractivity contribution in [3.8, 4) is 0 Å². The summed E-state index contributed by atoms with van der Waals surface area (Å²) in [4.78, 5) is 33.9. The summed E-state index contributed by atoms with van der Waals surface area (Å²) in [5.74, 6) is -0.523. The fourth-order valence-electron chi connectivity index (χ4n) is 3.27. The quantitative estimate of drug-likeness (QED) is 0.483. The number of ether oxygens (including phenoxy) is 1. The smallest absolute Gasteiger partial charge is 0.340 e. The number of aromatic nitrogens is 2. The van der Waals surface area contributed by atoms with Crippen molar-refractivity contribution in [2.75, 3.05) is 20.2 Å². The molecule has 7 heteroatoms. The Morgan fingerprint density at radius 1 is 1.19 bits per heavy atom. The molecule has 3 rings (SSSR count). The minimum atomic E-state index is -0.452. The van der Waals surface area contributed by atoms with Gasteiger partial charge >= 0.3 is 5.97 Å². The number of aryl methyl sites for hydroxylation is 2. The van der Waals surface area contributed by atoms with Crippen LogP contribution in [-0.4, -0.2) is 41.9 Å². The third kappa shape index (κ3) is 4.09. The average Bonchev–Trinajstić information content (AvgIpc) is 3.13. The molecular formula is C20H24N3O3S+. The molecule has 0 aliphatic carbocycles. The Bertz CT molecular complexity index is 957. The van der Waals surface area contributed by atoms with Gasteiger partial charge in [-0.3, -0.25) is 4.79 Å². The molecule has 0 radical (unpaired) electrons. The number of carbonyl (C=O) groups is 2. The SMILES string of the molecule is CCOC(=O)c1c(C)[nH]c(C)c1C(=O)C[NH+](C)Cc1nc2ccccc2s1. The van der Waals surface area contributed by atoms with Crippen molar-refractivity contribution in [2.24, 2.45) is 0 Å². The van der Waals surface area contributed by atoms with Gasteiger partial charge in [-0.15, -0.1) is 11.3 Å². The maximum Gasteiger partial charge on any atom is 0.340 e. The molecule has 0 bridgehead atoms. The van der Waals surface area contributed by atoms with Crippen molar-refractivity contribution in [2.45, 2.75) is 27.3 Å². The lowest BCUT2D eigenvalue weighted by molar-refractivity contribution is -0.884. The second-order valence-electron chi connectivity index (χ2n) is 6.65. The minimum Gasteiger partial charge on any atom is -0.462 e. The predicted molar refractivity (Wildman–Crippen MR) is 106 cm³/mol. The Labute approximate surface area is 162 Å². The van der Waals surface area contributed by atoms with Gasteiger partial charge in [0, 0.05) is 11.4 Å². The summed E-state index contributed by atoms with van der Waals surface area (Å²) in [6.07, 6.45) is 0. The zero-order valence-electron chi connectivity index (χ0n) is 16.0. The molecular weight excluding hydrogens is 362 g/mol. The van der Waals surface area contributed by atoms with Crippen LogP contribution in [0.15, 0.2) is 24.3 Å². The van der Waals surface area contributed by atoms with Gasteiger partial charge in [0.25, 0.3) is 0 Å². The van der Waals surface area contributed by atoms with Crippen LogP contribution in [0.2, 0.25) is 0 Å². The summed E-state index contributed by atoms with van der Waals surface area (Å²) in [5.41, 5.74) is 3.14. The van der Waals surface area contributed by atoms with Gasteiger partial charge in [-0.2, -0.15) is 0 Å². The van der Waals surface area contributed by atoms with Crippen LogP contribution >= 0.6 is 11.3 Å². The molecule has 1 unspecified atom stereocenters. The van der Waals surface area contributed by atoms with Crippen LogP contribution in [0.5, 0.6) is 0 Å². The molecule has 0 saturated heterocycles. The molecule has 6 nitrogen and oxygen atoms in total. The molecule has 2 heterocycles. The molecule has 1 atom stereocenters. The van der Waals surface area contributed by atoms with Crippen LogP contribution in [0, 0.1) is 13.8 Å². The largest absolute Gasteiger partial charge is 0.462 e. The lowest BCUT2D eigenvalue weighted by Crippen LogP contribution is -3.08. The first kappa shape index (κ1) is 19.3. The number of Topliss-reactive ketones (excluding diaryl/α,β-unsaturated/α-hetero) is 1. The standard InChI is InChI=1S/C20H23N3O3S/c1-5-26-20(25)19-13(3)21-12(2)18(19)15(24)10-23(4)11-17-22-14-8-6-7-9-16(14)27-17/h6-9,21H,5,10-11H2,1-4H3/p+1. The van der Waals surface area contributed by atoms with Crippen LogP contribution < -0.4 is 4.90 Å². The number of nitrogens with one attached hydrogen (secondary N) is 2. The summed E-state index contributed by atoms with van der Waals surface area (Å²) in [7, 11) is 1.96. The van der Waals surface area contributed by atoms with Crippen LogP contribution in [0.25, 0.3) is 10.2 Å². The fraction of sp³-hybridized carbons (Fsp3) is 0.350. The zero-order chi connectivity index (χ0) is 19.6. The van der Waals surface area contributed by atoms with E-state index in [1.807, 2.05) is 32.2 Å². The highest BCUT2D eigenvalue weighted by Crippen LogP contribution is 2.21. The Kier molecular flexibility index (Phi) is 5.72. The highest BCUT2D eigenvalue weighted by atomic mass is 32.1. The van der Waals surface area contributed by atoms with E-state index in [9.17, 15) is 9.59 Å². The normalized spacial score (nSPS) is 12.3. The predicted octanol–water partition coefficient (Wildman–Crippen LogP) is 2.32. The molecule has 0 aliphatic rings. The fourth-order valence-corrected chi connectivity index (χ4v) is 4.35. The van der Waals surface area contributed by atoms with Crippen molar-refractivity contribution in [1.82, 2.24) is 9.97 Å². The van der Waals surface area contributed by atoms with E-state index >= 15 is 0 Å². The number of hydrogen-bond donors (Lipinski definition) is 2. The molecule has 2 N–H and O–H groups in total. The number of ketones is 1. The molecule has 3 aromatic rings. The summed E-state index contributed by atoms with van der Waals surface area (Å²) < 4.78 is 6.27. The average molecular weight is 386 g/mol. The number of fused-ring (bicyclic) bond motifs is 1. The number of para-hydroxylation sites is 1. The maximum absolute atomic E-state index is 12.9. The number of H-pyrrole nitrogens is 1. The number of thiazole rings is 1. The number of quaternary nitrogens is 1. The van der Waals surface area contributed by atoms with E-state index in [1.165, 1.54) is 0 Å². The van der Waals surface area contributed by atoms with Gasteiger partial charge in [-0.25, -0.2) is 9.78 Å². The number of hydrogen-bond acceptors (Lipinski definition) is 5. The van der Waals surface area contributed by atoms with Crippen LogP contribution in [-0.2, 0) is 11.3 Å². The Morgan fingerprint density at radius 2 is 1.89 bits per heavy atom. The van der Waals surface area contributed by atoms with Gasteiger partial charge in [0.2, 0.25) is 5.78 Å². The van der Waals surface area contributed by atoms with Crippen molar-refractivity contribution >= 4 is 33.3 Å². The third-order valence-electron chi connectivity index (χ3n) is 4.39. The number of aromatic amines is 1. The molecule has 0 saturated carbocycles. The Hall–Kier alpha value is -2.51. The van der Waals surface area contributed by atoms with E-state index in [0.717, 1.165) is 20.1 Å². The van der Waals surface area contributed by atoms with Crippen LogP contribution in [0.3, 0.4) is 0 Å². The third-order valence-corrected chi connectivity index (χ3v) is 5.42. The number of rotatable bonds is 7.